The second kappa shape index (κ2) is 3.20. The largest absolute Gasteiger partial charge is 0.491 e. The van der Waals surface area contributed by atoms with E-state index in [1.807, 2.05) is 0 Å². The van der Waals surface area contributed by atoms with Crippen molar-refractivity contribution in [3.63, 3.8) is 0 Å². The third-order valence-corrected chi connectivity index (χ3v) is 3.18. The second-order valence-electron chi connectivity index (χ2n) is 4.52. The van der Waals surface area contributed by atoms with Crippen LogP contribution in [-0.2, 0) is 11.8 Å². The molecule has 0 atom stereocenters. The summed E-state index contributed by atoms with van der Waals surface area (Å²) >= 11 is 4.46. The van der Waals surface area contributed by atoms with Gasteiger partial charge in [0.2, 0.25) is 0 Å². The highest BCUT2D eigenvalue weighted by atomic mass is 32.1. The number of hydrogen-bond acceptors (Lipinski definition) is 2. The molecule has 0 unspecified atom stereocenters. The number of fused-ring (bicyclic) bond motifs is 1. The SMILES string of the molecule is CCc1cc(S)c2c(c1)C(C)(C)CO2. The quantitative estimate of drug-likeness (QED) is 0.697. The topological polar surface area (TPSA) is 9.23 Å². The van der Waals surface area contributed by atoms with Crippen molar-refractivity contribution in [2.45, 2.75) is 37.5 Å². The Hall–Kier alpha value is -0.630. The highest BCUT2D eigenvalue weighted by Crippen LogP contribution is 2.42. The van der Waals surface area contributed by atoms with E-state index in [9.17, 15) is 0 Å². The van der Waals surface area contributed by atoms with Gasteiger partial charge >= 0.3 is 0 Å². The third-order valence-electron chi connectivity index (χ3n) is 2.84. The van der Waals surface area contributed by atoms with Crippen LogP contribution in [0.5, 0.6) is 5.75 Å². The first-order valence-corrected chi connectivity index (χ1v) is 5.48. The van der Waals surface area contributed by atoms with Gasteiger partial charge < -0.3 is 4.74 Å². The number of rotatable bonds is 1. The fraction of sp³-hybridized carbons (Fsp3) is 0.500. The van der Waals surface area contributed by atoms with Crippen LogP contribution < -0.4 is 4.74 Å². The number of hydrogen-bond donors (Lipinski definition) is 1. The van der Waals surface area contributed by atoms with Crippen LogP contribution in [0.25, 0.3) is 0 Å². The lowest BCUT2D eigenvalue weighted by Gasteiger charge is -2.16. The van der Waals surface area contributed by atoms with Crippen molar-refractivity contribution in [2.75, 3.05) is 6.61 Å². The molecule has 1 aliphatic heterocycles. The molecule has 2 heteroatoms. The van der Waals surface area contributed by atoms with Crippen LogP contribution in [0.4, 0.5) is 0 Å². The van der Waals surface area contributed by atoms with Gasteiger partial charge in [-0.15, -0.1) is 12.6 Å². The van der Waals surface area contributed by atoms with Gasteiger partial charge in [-0.3, -0.25) is 0 Å². The van der Waals surface area contributed by atoms with Crippen LogP contribution in [-0.4, -0.2) is 6.61 Å². The highest BCUT2D eigenvalue weighted by Gasteiger charge is 2.33. The predicted molar refractivity (Wildman–Crippen MR) is 61.6 cm³/mol. The maximum atomic E-state index is 5.67. The van der Waals surface area contributed by atoms with E-state index in [0.29, 0.717) is 0 Å². The van der Waals surface area contributed by atoms with Crippen molar-refractivity contribution in [1.82, 2.24) is 0 Å². The van der Waals surface area contributed by atoms with E-state index < -0.39 is 0 Å². The molecule has 1 aromatic rings. The summed E-state index contributed by atoms with van der Waals surface area (Å²) in [4.78, 5) is 0.977. The molecule has 76 valence electrons. The molecular formula is C12H16OS. The van der Waals surface area contributed by atoms with Gasteiger partial charge in [-0.2, -0.15) is 0 Å². The summed E-state index contributed by atoms with van der Waals surface area (Å²) in [6.45, 7) is 7.36. The summed E-state index contributed by atoms with van der Waals surface area (Å²) in [5.41, 5.74) is 2.78. The minimum atomic E-state index is 0.137. The zero-order chi connectivity index (χ0) is 10.3. The van der Waals surface area contributed by atoms with Gasteiger partial charge in [-0.05, 0) is 18.1 Å². The molecule has 1 aliphatic rings. The molecule has 1 nitrogen and oxygen atoms in total. The van der Waals surface area contributed by atoms with Crippen molar-refractivity contribution in [1.29, 1.82) is 0 Å². The minimum absolute atomic E-state index is 0.137. The Morgan fingerprint density at radius 2 is 2.14 bits per heavy atom. The standard InChI is InChI=1S/C12H16OS/c1-4-8-5-9-11(10(14)6-8)13-7-12(9,2)3/h5-6,14H,4,7H2,1-3H3. The van der Waals surface area contributed by atoms with E-state index in [-0.39, 0.29) is 5.41 Å². The van der Waals surface area contributed by atoms with Crippen molar-refractivity contribution in [2.24, 2.45) is 0 Å². The Labute approximate surface area is 90.9 Å². The molecule has 0 aromatic heterocycles. The Morgan fingerprint density at radius 3 is 2.79 bits per heavy atom. The van der Waals surface area contributed by atoms with E-state index >= 15 is 0 Å². The van der Waals surface area contributed by atoms with E-state index in [4.69, 9.17) is 4.74 Å². The van der Waals surface area contributed by atoms with Gasteiger partial charge in [0.25, 0.3) is 0 Å². The first-order valence-electron chi connectivity index (χ1n) is 5.04. The Bertz CT molecular complexity index is 369. The fourth-order valence-corrected chi connectivity index (χ4v) is 2.21. The van der Waals surface area contributed by atoms with Gasteiger partial charge in [0, 0.05) is 15.9 Å². The van der Waals surface area contributed by atoms with E-state index in [1.165, 1.54) is 11.1 Å². The minimum Gasteiger partial charge on any atom is -0.491 e. The summed E-state index contributed by atoms with van der Waals surface area (Å²) in [6.07, 6.45) is 1.05. The van der Waals surface area contributed by atoms with Crippen LogP contribution in [0.3, 0.4) is 0 Å². The number of aryl methyl sites for hydroxylation is 1. The summed E-state index contributed by atoms with van der Waals surface area (Å²) in [5.74, 6) is 0.982. The smallest absolute Gasteiger partial charge is 0.136 e. The van der Waals surface area contributed by atoms with E-state index in [1.54, 1.807) is 0 Å². The predicted octanol–water partition coefficient (Wildman–Crippen LogP) is 3.21. The van der Waals surface area contributed by atoms with Crippen LogP contribution in [0.15, 0.2) is 17.0 Å². The molecule has 0 bridgehead atoms. The summed E-state index contributed by atoms with van der Waals surface area (Å²) < 4.78 is 5.67. The molecule has 0 aliphatic carbocycles. The lowest BCUT2D eigenvalue weighted by molar-refractivity contribution is 0.287. The average Bonchev–Trinajstić information content (AvgIpc) is 2.43. The van der Waals surface area contributed by atoms with Gasteiger partial charge in [0.1, 0.15) is 5.75 Å². The molecule has 0 saturated heterocycles. The zero-order valence-electron chi connectivity index (χ0n) is 8.92. The first kappa shape index (κ1) is 9.91. The lowest BCUT2D eigenvalue weighted by Crippen LogP contribution is -2.18. The number of benzene rings is 1. The second-order valence-corrected chi connectivity index (χ2v) is 5.00. The molecule has 0 spiro atoms. The Morgan fingerprint density at radius 1 is 1.43 bits per heavy atom. The van der Waals surface area contributed by atoms with Crippen LogP contribution in [0.1, 0.15) is 31.9 Å². The molecule has 14 heavy (non-hydrogen) atoms. The van der Waals surface area contributed by atoms with Crippen LogP contribution in [0, 0.1) is 0 Å². The molecular weight excluding hydrogens is 192 g/mol. The molecule has 0 radical (unpaired) electrons. The van der Waals surface area contributed by atoms with Crippen molar-refractivity contribution >= 4 is 12.6 Å². The van der Waals surface area contributed by atoms with Crippen molar-refractivity contribution < 1.29 is 4.74 Å². The molecule has 1 heterocycles. The van der Waals surface area contributed by atoms with Gasteiger partial charge in [0.05, 0.1) is 6.61 Å². The summed E-state index contributed by atoms with van der Waals surface area (Å²) in [6, 6.07) is 4.35. The normalized spacial score (nSPS) is 17.7. The lowest BCUT2D eigenvalue weighted by atomic mass is 9.86. The molecule has 2 rings (SSSR count). The molecule has 1 aromatic carbocycles. The zero-order valence-corrected chi connectivity index (χ0v) is 9.82. The third kappa shape index (κ3) is 1.42. The fourth-order valence-electron chi connectivity index (χ4n) is 1.86. The summed E-state index contributed by atoms with van der Waals surface area (Å²) in [7, 11) is 0. The van der Waals surface area contributed by atoms with Crippen molar-refractivity contribution in [3.8, 4) is 5.75 Å². The highest BCUT2D eigenvalue weighted by molar-refractivity contribution is 7.80. The summed E-state index contributed by atoms with van der Waals surface area (Å²) in [5, 5.41) is 0. The molecule has 0 saturated carbocycles. The maximum absolute atomic E-state index is 5.67. The van der Waals surface area contributed by atoms with E-state index in [2.05, 4.69) is 45.5 Å². The van der Waals surface area contributed by atoms with Gasteiger partial charge in [-0.1, -0.05) is 26.8 Å². The molecule has 0 N–H and O–H groups in total. The average molecular weight is 208 g/mol. The monoisotopic (exact) mass is 208 g/mol. The number of thiol groups is 1. The van der Waals surface area contributed by atoms with Crippen LogP contribution in [0.2, 0.25) is 0 Å². The maximum Gasteiger partial charge on any atom is 0.136 e. The molecule has 0 fully saturated rings. The van der Waals surface area contributed by atoms with Crippen LogP contribution >= 0.6 is 12.6 Å². The number of ether oxygens (including phenoxy) is 1. The first-order chi connectivity index (χ1) is 6.54. The van der Waals surface area contributed by atoms with Crippen molar-refractivity contribution in [3.05, 3.63) is 23.3 Å². The van der Waals surface area contributed by atoms with E-state index in [0.717, 1.165) is 23.7 Å². The van der Waals surface area contributed by atoms with Gasteiger partial charge in [0.15, 0.2) is 0 Å². The van der Waals surface area contributed by atoms with Gasteiger partial charge in [-0.25, -0.2) is 0 Å². The Balaban J connectivity index is 2.59. The molecule has 0 amide bonds. The Kier molecular flexibility index (Phi) is 2.26.